The van der Waals surface area contributed by atoms with Crippen LogP contribution < -0.4 is 4.87 Å². The van der Waals surface area contributed by atoms with Crippen molar-refractivity contribution in [1.82, 2.24) is 4.57 Å². The molecule has 124 valence electrons. The number of aromatic nitrogens is 1. The fraction of sp³-hybridized carbons (Fsp3) is 0.100. The molecule has 0 amide bonds. The molecule has 0 bridgehead atoms. The van der Waals surface area contributed by atoms with Crippen molar-refractivity contribution in [1.29, 1.82) is 0 Å². The van der Waals surface area contributed by atoms with Crippen LogP contribution in [-0.2, 0) is 6.54 Å². The zero-order chi connectivity index (χ0) is 17.4. The molecule has 1 aliphatic rings. The lowest BCUT2D eigenvalue weighted by molar-refractivity contribution is 0.420. The van der Waals surface area contributed by atoms with Gasteiger partial charge in [-0.05, 0) is 24.6 Å². The van der Waals surface area contributed by atoms with Crippen molar-refractivity contribution >= 4 is 34.9 Å². The predicted molar refractivity (Wildman–Crippen MR) is 103 cm³/mol. The van der Waals surface area contributed by atoms with Gasteiger partial charge < -0.3 is 5.11 Å². The van der Waals surface area contributed by atoms with Gasteiger partial charge in [-0.15, -0.1) is 0 Å². The summed E-state index contributed by atoms with van der Waals surface area (Å²) in [6, 6.07) is 15.7. The third kappa shape index (κ3) is 2.94. The molecule has 0 saturated heterocycles. The quantitative estimate of drug-likeness (QED) is 0.770. The first-order valence-corrected chi connectivity index (χ1v) is 8.77. The maximum Gasteiger partial charge on any atom is 0.310 e. The molecular formula is C20H16N2O2S. The first kappa shape index (κ1) is 15.6. The molecule has 1 N–H and O–H groups in total. The van der Waals surface area contributed by atoms with Crippen molar-refractivity contribution in [2.24, 2.45) is 4.99 Å². The Balaban J connectivity index is 1.69. The Hall–Kier alpha value is -2.92. The van der Waals surface area contributed by atoms with Gasteiger partial charge in [0.05, 0.1) is 17.1 Å². The molecule has 4 nitrogen and oxygen atoms in total. The van der Waals surface area contributed by atoms with Crippen molar-refractivity contribution in [2.45, 2.75) is 13.5 Å². The van der Waals surface area contributed by atoms with Crippen LogP contribution in [0.25, 0.3) is 11.6 Å². The third-order valence-electron chi connectivity index (χ3n) is 4.20. The highest BCUT2D eigenvalue weighted by Crippen LogP contribution is 2.34. The van der Waals surface area contributed by atoms with Gasteiger partial charge in [0.2, 0.25) is 5.88 Å². The zero-order valence-electron chi connectivity index (χ0n) is 13.6. The minimum Gasteiger partial charge on any atom is -0.493 e. The molecule has 0 saturated carbocycles. The molecule has 1 aliphatic heterocycles. The van der Waals surface area contributed by atoms with Gasteiger partial charge in [0, 0.05) is 17.4 Å². The maximum absolute atomic E-state index is 12.3. The third-order valence-corrected chi connectivity index (χ3v) is 5.11. The molecule has 0 fully saturated rings. The molecule has 25 heavy (non-hydrogen) atoms. The van der Waals surface area contributed by atoms with E-state index in [1.54, 1.807) is 6.21 Å². The number of benzene rings is 2. The number of fused-ring (bicyclic) bond motifs is 1. The minimum atomic E-state index is -0.173. The molecule has 5 heteroatoms. The van der Waals surface area contributed by atoms with E-state index < -0.39 is 0 Å². The minimum absolute atomic E-state index is 0.000793. The Morgan fingerprint density at radius 3 is 2.72 bits per heavy atom. The van der Waals surface area contributed by atoms with Crippen LogP contribution in [0.4, 0.5) is 5.69 Å². The molecule has 3 aromatic rings. The van der Waals surface area contributed by atoms with Crippen molar-refractivity contribution < 1.29 is 5.11 Å². The summed E-state index contributed by atoms with van der Waals surface area (Å²) >= 11 is 1.04. The number of rotatable bonds is 3. The van der Waals surface area contributed by atoms with Crippen LogP contribution >= 0.6 is 11.3 Å². The van der Waals surface area contributed by atoms with E-state index in [1.165, 1.54) is 4.57 Å². The van der Waals surface area contributed by atoms with E-state index in [4.69, 9.17) is 0 Å². The molecular weight excluding hydrogens is 332 g/mol. The molecule has 2 heterocycles. The van der Waals surface area contributed by atoms with Crippen LogP contribution in [-0.4, -0.2) is 15.9 Å². The molecule has 0 unspecified atom stereocenters. The van der Waals surface area contributed by atoms with E-state index in [0.29, 0.717) is 11.4 Å². The van der Waals surface area contributed by atoms with Crippen molar-refractivity contribution in [2.75, 3.05) is 0 Å². The fourth-order valence-corrected chi connectivity index (χ4v) is 3.66. The van der Waals surface area contributed by atoms with Crippen LogP contribution in [0.5, 0.6) is 5.88 Å². The highest BCUT2D eigenvalue weighted by atomic mass is 32.1. The van der Waals surface area contributed by atoms with Gasteiger partial charge in [0.25, 0.3) is 0 Å². The summed E-state index contributed by atoms with van der Waals surface area (Å²) in [7, 11) is 0. The van der Waals surface area contributed by atoms with Gasteiger partial charge >= 0.3 is 4.87 Å². The standard InChI is InChI=1S/C20H16N2O2S/c1-13-6-8-14(9-7-13)12-22-19(23)18(25-20(22)24)10-15-11-21-17-5-3-2-4-16(15)17/h2-11,23H,12H2,1H3. The number of thiazole rings is 1. The number of hydrogen-bond donors (Lipinski definition) is 1. The number of aryl methyl sites for hydroxylation is 1. The van der Waals surface area contributed by atoms with E-state index in [-0.39, 0.29) is 10.8 Å². The smallest absolute Gasteiger partial charge is 0.310 e. The monoisotopic (exact) mass is 348 g/mol. The molecule has 0 atom stereocenters. The first-order chi connectivity index (χ1) is 12.1. The average molecular weight is 348 g/mol. The van der Waals surface area contributed by atoms with Gasteiger partial charge in [-0.25, -0.2) is 0 Å². The molecule has 4 rings (SSSR count). The van der Waals surface area contributed by atoms with E-state index in [2.05, 4.69) is 4.99 Å². The summed E-state index contributed by atoms with van der Waals surface area (Å²) in [5.41, 5.74) is 4.95. The molecule has 0 radical (unpaired) electrons. The fourth-order valence-electron chi connectivity index (χ4n) is 2.82. The second-order valence-electron chi connectivity index (χ2n) is 6.00. The van der Waals surface area contributed by atoms with Gasteiger partial charge in [-0.1, -0.05) is 59.4 Å². The maximum atomic E-state index is 12.3. The number of hydrogen-bond acceptors (Lipinski definition) is 4. The van der Waals surface area contributed by atoms with Gasteiger partial charge in [0.1, 0.15) is 0 Å². The predicted octanol–water partition coefficient (Wildman–Crippen LogP) is 4.23. The van der Waals surface area contributed by atoms with Gasteiger partial charge in [-0.3, -0.25) is 14.4 Å². The van der Waals surface area contributed by atoms with E-state index in [1.807, 2.05) is 61.5 Å². The summed E-state index contributed by atoms with van der Waals surface area (Å²) < 4.78 is 1.40. The number of allylic oxidation sites excluding steroid dienone is 1. The topological polar surface area (TPSA) is 54.6 Å². The van der Waals surface area contributed by atoms with Crippen molar-refractivity contribution in [3.05, 3.63) is 79.8 Å². The summed E-state index contributed by atoms with van der Waals surface area (Å²) in [6.07, 6.45) is 3.58. The van der Waals surface area contributed by atoms with Crippen LogP contribution in [0.3, 0.4) is 0 Å². The Morgan fingerprint density at radius 2 is 1.92 bits per heavy atom. The Labute approximate surface area is 149 Å². The lowest BCUT2D eigenvalue weighted by Crippen LogP contribution is -2.13. The van der Waals surface area contributed by atoms with Crippen molar-refractivity contribution in [3.63, 3.8) is 0 Å². The second-order valence-corrected chi connectivity index (χ2v) is 7.00. The lowest BCUT2D eigenvalue weighted by Gasteiger charge is -2.04. The number of nitrogens with zero attached hydrogens (tertiary/aromatic N) is 2. The zero-order valence-corrected chi connectivity index (χ0v) is 14.5. The number of para-hydroxylation sites is 1. The van der Waals surface area contributed by atoms with Gasteiger partial charge in [0.15, 0.2) is 0 Å². The van der Waals surface area contributed by atoms with Crippen LogP contribution in [0.2, 0.25) is 0 Å². The second kappa shape index (κ2) is 6.18. The van der Waals surface area contributed by atoms with Crippen LogP contribution in [0.15, 0.2) is 58.3 Å². The lowest BCUT2D eigenvalue weighted by atomic mass is 10.1. The molecule has 0 spiro atoms. The largest absolute Gasteiger partial charge is 0.493 e. The SMILES string of the molecule is Cc1ccc(Cn2c(O)c(C=C3C=Nc4ccccc43)sc2=O)cc1. The first-order valence-electron chi connectivity index (χ1n) is 7.95. The summed E-state index contributed by atoms with van der Waals surface area (Å²) in [4.78, 5) is 17.0. The summed E-state index contributed by atoms with van der Waals surface area (Å²) in [5, 5.41) is 10.5. The number of aromatic hydroxyl groups is 1. The van der Waals surface area contributed by atoms with Crippen LogP contribution in [0, 0.1) is 6.92 Å². The molecule has 0 aliphatic carbocycles. The van der Waals surface area contributed by atoms with Crippen LogP contribution in [0.1, 0.15) is 21.6 Å². The Kier molecular flexibility index (Phi) is 3.86. The highest BCUT2D eigenvalue weighted by Gasteiger charge is 2.16. The Bertz CT molecular complexity index is 1060. The Morgan fingerprint density at radius 1 is 1.16 bits per heavy atom. The van der Waals surface area contributed by atoms with Crippen molar-refractivity contribution in [3.8, 4) is 5.88 Å². The summed E-state index contributed by atoms with van der Waals surface area (Å²) in [5.74, 6) is 0.000793. The van der Waals surface area contributed by atoms with Gasteiger partial charge in [-0.2, -0.15) is 0 Å². The van der Waals surface area contributed by atoms with E-state index in [0.717, 1.165) is 39.3 Å². The number of aliphatic imine (C=N–C) groups is 1. The average Bonchev–Trinajstić information content (AvgIpc) is 3.14. The van der Waals surface area contributed by atoms with E-state index >= 15 is 0 Å². The van der Waals surface area contributed by atoms with E-state index in [9.17, 15) is 9.90 Å². The molecule has 2 aromatic carbocycles. The highest BCUT2D eigenvalue weighted by molar-refractivity contribution is 7.10. The normalized spacial score (nSPS) is 14.2. The summed E-state index contributed by atoms with van der Waals surface area (Å²) in [6.45, 7) is 2.37. The molecule has 1 aromatic heterocycles.